The minimum absolute atomic E-state index is 0.311. The van der Waals surface area contributed by atoms with Crippen LogP contribution in [0.2, 0.25) is 0 Å². The molecule has 1 aromatic carbocycles. The molecule has 0 amide bonds. The van der Waals surface area contributed by atoms with E-state index >= 15 is 0 Å². The predicted octanol–water partition coefficient (Wildman–Crippen LogP) is 2.85. The monoisotopic (exact) mass is 362 g/mol. The molecule has 0 saturated heterocycles. The maximum atomic E-state index is 12.9. The molecule has 0 bridgehead atoms. The van der Waals surface area contributed by atoms with Crippen LogP contribution in [0.3, 0.4) is 0 Å². The summed E-state index contributed by atoms with van der Waals surface area (Å²) in [6.45, 7) is 0. The van der Waals surface area contributed by atoms with Crippen LogP contribution in [0, 0.1) is 5.82 Å². The van der Waals surface area contributed by atoms with Gasteiger partial charge in [0.15, 0.2) is 0 Å². The van der Waals surface area contributed by atoms with Crippen molar-refractivity contribution in [2.45, 2.75) is 10.8 Å². The number of carboxylic acids is 1. The van der Waals surface area contributed by atoms with Crippen LogP contribution < -0.4 is 0 Å². The van der Waals surface area contributed by atoms with Crippen molar-refractivity contribution in [1.29, 1.82) is 0 Å². The summed E-state index contributed by atoms with van der Waals surface area (Å²) in [7, 11) is -3.84. The highest BCUT2D eigenvalue weighted by molar-refractivity contribution is 9.10. The number of furan rings is 1. The standard InChI is InChI=1S/C12H8BrFO5S/c13-9-5-8(14)2-1-7(9)6-20(17,18)11-4-3-10(19-11)12(15)16/h1-5H,6H2,(H,15,16). The average molecular weight is 363 g/mol. The first-order chi connectivity index (χ1) is 9.29. The van der Waals surface area contributed by atoms with Gasteiger partial charge < -0.3 is 9.52 Å². The number of hydrogen-bond donors (Lipinski definition) is 1. The first-order valence-corrected chi connectivity index (χ1v) is 7.74. The summed E-state index contributed by atoms with van der Waals surface area (Å²) in [5, 5.41) is 8.25. The summed E-state index contributed by atoms with van der Waals surface area (Å²) in [5.41, 5.74) is 0.347. The maximum absolute atomic E-state index is 12.9. The fourth-order valence-corrected chi connectivity index (χ4v) is 3.49. The van der Waals surface area contributed by atoms with Crippen LogP contribution in [0.15, 0.2) is 44.3 Å². The number of benzene rings is 1. The Bertz CT molecular complexity index is 766. The normalized spacial score (nSPS) is 11.5. The van der Waals surface area contributed by atoms with Gasteiger partial charge in [-0.2, -0.15) is 0 Å². The van der Waals surface area contributed by atoms with Gasteiger partial charge in [-0.1, -0.05) is 22.0 Å². The lowest BCUT2D eigenvalue weighted by Gasteiger charge is -2.04. The third-order valence-electron chi connectivity index (χ3n) is 2.46. The SMILES string of the molecule is O=C(O)c1ccc(S(=O)(=O)Cc2ccc(F)cc2Br)o1. The van der Waals surface area contributed by atoms with Crippen LogP contribution in [-0.4, -0.2) is 19.5 Å². The molecule has 0 aliphatic heterocycles. The minimum Gasteiger partial charge on any atom is -0.475 e. The Morgan fingerprint density at radius 2 is 2.00 bits per heavy atom. The van der Waals surface area contributed by atoms with Crippen molar-refractivity contribution in [1.82, 2.24) is 0 Å². The molecule has 106 valence electrons. The van der Waals surface area contributed by atoms with E-state index < -0.39 is 38.2 Å². The van der Waals surface area contributed by atoms with Gasteiger partial charge in [0.2, 0.25) is 20.7 Å². The van der Waals surface area contributed by atoms with Crippen molar-refractivity contribution < 1.29 is 27.1 Å². The number of carbonyl (C=O) groups is 1. The minimum atomic E-state index is -3.84. The molecule has 20 heavy (non-hydrogen) atoms. The highest BCUT2D eigenvalue weighted by Crippen LogP contribution is 2.24. The number of halogens is 2. The summed E-state index contributed by atoms with van der Waals surface area (Å²) in [6, 6.07) is 5.76. The van der Waals surface area contributed by atoms with Gasteiger partial charge in [0.25, 0.3) is 0 Å². The third-order valence-corrected chi connectivity index (χ3v) is 4.72. The van der Waals surface area contributed by atoms with Gasteiger partial charge in [-0.3, -0.25) is 0 Å². The van der Waals surface area contributed by atoms with Crippen molar-refractivity contribution in [3.05, 3.63) is 51.9 Å². The molecule has 2 aromatic rings. The predicted molar refractivity (Wildman–Crippen MR) is 70.7 cm³/mol. The summed E-state index contributed by atoms with van der Waals surface area (Å²) >= 11 is 3.07. The van der Waals surface area contributed by atoms with Gasteiger partial charge in [-0.05, 0) is 29.8 Å². The van der Waals surface area contributed by atoms with Crippen LogP contribution in [-0.2, 0) is 15.6 Å². The van der Waals surface area contributed by atoms with Crippen LogP contribution in [0.5, 0.6) is 0 Å². The highest BCUT2D eigenvalue weighted by atomic mass is 79.9. The topological polar surface area (TPSA) is 84.6 Å². The second-order valence-electron chi connectivity index (χ2n) is 3.92. The number of sulfone groups is 1. The molecule has 0 unspecified atom stereocenters. The summed E-state index contributed by atoms with van der Waals surface area (Å²) in [5.74, 6) is -2.74. The van der Waals surface area contributed by atoms with E-state index in [0.29, 0.717) is 10.0 Å². The lowest BCUT2D eigenvalue weighted by atomic mass is 10.2. The van der Waals surface area contributed by atoms with E-state index in [-0.39, 0.29) is 0 Å². The fourth-order valence-electron chi connectivity index (χ4n) is 1.52. The van der Waals surface area contributed by atoms with E-state index in [0.717, 1.165) is 24.3 Å². The zero-order chi connectivity index (χ0) is 14.9. The van der Waals surface area contributed by atoms with Crippen molar-refractivity contribution >= 4 is 31.7 Å². The molecule has 0 atom stereocenters. The first-order valence-electron chi connectivity index (χ1n) is 5.29. The fraction of sp³-hybridized carbons (Fsp3) is 0.0833. The van der Waals surface area contributed by atoms with Crippen LogP contribution in [0.25, 0.3) is 0 Å². The quantitative estimate of drug-likeness (QED) is 0.903. The second-order valence-corrected chi connectivity index (χ2v) is 6.69. The van der Waals surface area contributed by atoms with E-state index in [1.807, 2.05) is 0 Å². The molecule has 0 fully saturated rings. The van der Waals surface area contributed by atoms with Gasteiger partial charge in [0.05, 0.1) is 5.75 Å². The van der Waals surface area contributed by atoms with E-state index in [4.69, 9.17) is 9.52 Å². The molecule has 0 radical (unpaired) electrons. The molecule has 1 aromatic heterocycles. The number of rotatable bonds is 4. The smallest absolute Gasteiger partial charge is 0.371 e. The van der Waals surface area contributed by atoms with Crippen molar-refractivity contribution in [3.63, 3.8) is 0 Å². The molecule has 0 saturated carbocycles. The maximum Gasteiger partial charge on any atom is 0.371 e. The lowest BCUT2D eigenvalue weighted by Crippen LogP contribution is -2.05. The van der Waals surface area contributed by atoms with Crippen molar-refractivity contribution in [2.24, 2.45) is 0 Å². The Morgan fingerprint density at radius 3 is 2.55 bits per heavy atom. The van der Waals surface area contributed by atoms with E-state index in [2.05, 4.69) is 15.9 Å². The summed E-state index contributed by atoms with van der Waals surface area (Å²) < 4.78 is 42.2. The molecular formula is C12H8BrFO5S. The Kier molecular flexibility index (Phi) is 3.96. The third kappa shape index (κ3) is 3.07. The Labute approximate surface area is 122 Å². The number of hydrogen-bond acceptors (Lipinski definition) is 4. The molecule has 0 spiro atoms. The number of carboxylic acid groups (broad SMARTS) is 1. The van der Waals surface area contributed by atoms with Gasteiger partial charge in [-0.25, -0.2) is 17.6 Å². The van der Waals surface area contributed by atoms with Crippen molar-refractivity contribution in [2.75, 3.05) is 0 Å². The zero-order valence-electron chi connectivity index (χ0n) is 9.84. The van der Waals surface area contributed by atoms with Crippen LogP contribution >= 0.6 is 15.9 Å². The molecule has 2 rings (SSSR count). The molecule has 0 aliphatic rings. The Morgan fingerprint density at radius 1 is 1.30 bits per heavy atom. The summed E-state index contributed by atoms with van der Waals surface area (Å²) in [4.78, 5) is 10.7. The average Bonchev–Trinajstić information content (AvgIpc) is 2.83. The Balaban J connectivity index is 2.33. The summed E-state index contributed by atoms with van der Waals surface area (Å²) in [6.07, 6.45) is 0. The van der Waals surface area contributed by atoms with Crippen LogP contribution in [0.4, 0.5) is 4.39 Å². The highest BCUT2D eigenvalue weighted by Gasteiger charge is 2.22. The van der Waals surface area contributed by atoms with Gasteiger partial charge in [0.1, 0.15) is 5.82 Å². The first kappa shape index (κ1) is 14.7. The van der Waals surface area contributed by atoms with Crippen LogP contribution in [0.1, 0.15) is 16.1 Å². The van der Waals surface area contributed by atoms with E-state index in [9.17, 15) is 17.6 Å². The van der Waals surface area contributed by atoms with E-state index in [1.54, 1.807) is 0 Å². The molecular weight excluding hydrogens is 355 g/mol. The van der Waals surface area contributed by atoms with Gasteiger partial charge in [0, 0.05) is 4.47 Å². The molecule has 5 nitrogen and oxygen atoms in total. The Hall–Kier alpha value is -1.67. The number of aromatic carboxylic acids is 1. The van der Waals surface area contributed by atoms with E-state index in [1.165, 1.54) is 6.07 Å². The van der Waals surface area contributed by atoms with Gasteiger partial charge >= 0.3 is 5.97 Å². The second kappa shape index (κ2) is 5.37. The largest absolute Gasteiger partial charge is 0.475 e. The zero-order valence-corrected chi connectivity index (χ0v) is 12.2. The lowest BCUT2D eigenvalue weighted by molar-refractivity contribution is 0.0656. The molecule has 8 heteroatoms. The van der Waals surface area contributed by atoms with Gasteiger partial charge in [-0.15, -0.1) is 0 Å². The molecule has 0 aliphatic carbocycles. The van der Waals surface area contributed by atoms with Crippen molar-refractivity contribution in [3.8, 4) is 0 Å². The molecule has 1 N–H and O–H groups in total. The molecule has 1 heterocycles.